The first-order chi connectivity index (χ1) is 15.4. The van der Waals surface area contributed by atoms with E-state index in [0.717, 1.165) is 22.6 Å². The lowest BCUT2D eigenvalue weighted by atomic mass is 10.2. The Morgan fingerprint density at radius 1 is 0.969 bits per heavy atom. The molecule has 32 heavy (non-hydrogen) atoms. The first kappa shape index (κ1) is 23.3. The molecule has 0 aliphatic heterocycles. The van der Waals surface area contributed by atoms with Crippen molar-refractivity contribution in [3.8, 4) is 5.75 Å². The highest BCUT2D eigenvalue weighted by atomic mass is 32.2. The van der Waals surface area contributed by atoms with Gasteiger partial charge in [0.15, 0.2) is 0 Å². The van der Waals surface area contributed by atoms with Crippen LogP contribution < -0.4 is 20.3 Å². The molecule has 1 heterocycles. The number of hydrazine groups is 1. The maximum Gasteiger partial charge on any atom is 0.271 e. The summed E-state index contributed by atoms with van der Waals surface area (Å²) in [5.41, 5.74) is 5.86. The average Bonchev–Trinajstić information content (AvgIpc) is 3.32. The van der Waals surface area contributed by atoms with Crippen LogP contribution in [-0.2, 0) is 14.8 Å². The molecule has 0 bridgehead atoms. The largest absolute Gasteiger partial charge is 0.493 e. The Morgan fingerprint density at radius 2 is 1.72 bits per heavy atom. The van der Waals surface area contributed by atoms with Crippen LogP contribution in [0.15, 0.2) is 70.3 Å². The van der Waals surface area contributed by atoms with Crippen molar-refractivity contribution in [3.63, 3.8) is 0 Å². The van der Waals surface area contributed by atoms with E-state index in [2.05, 4.69) is 15.6 Å². The van der Waals surface area contributed by atoms with Gasteiger partial charge < -0.3 is 4.74 Å². The molecule has 2 amide bonds. The number of sulfonamides is 1. The molecular formula is C22H23N3O5S2. The zero-order chi connectivity index (χ0) is 23.0. The summed E-state index contributed by atoms with van der Waals surface area (Å²) < 4.78 is 33.1. The van der Waals surface area contributed by atoms with E-state index in [1.165, 1.54) is 18.2 Å². The molecule has 0 saturated heterocycles. The molecule has 0 spiro atoms. The van der Waals surface area contributed by atoms with E-state index in [4.69, 9.17) is 4.74 Å². The Kier molecular flexibility index (Phi) is 7.85. The maximum absolute atomic E-state index is 12.5. The van der Waals surface area contributed by atoms with Gasteiger partial charge in [-0.3, -0.25) is 25.2 Å². The van der Waals surface area contributed by atoms with Crippen molar-refractivity contribution in [2.75, 3.05) is 11.3 Å². The van der Waals surface area contributed by atoms with E-state index in [0.29, 0.717) is 13.0 Å². The topological polar surface area (TPSA) is 114 Å². The first-order valence-electron chi connectivity index (χ1n) is 9.80. The van der Waals surface area contributed by atoms with Gasteiger partial charge in [-0.05, 0) is 48.6 Å². The Hall–Kier alpha value is -3.37. The number of carbonyl (C=O) groups excluding carboxylic acids is 2. The van der Waals surface area contributed by atoms with Gasteiger partial charge >= 0.3 is 0 Å². The van der Waals surface area contributed by atoms with Crippen LogP contribution in [-0.4, -0.2) is 26.8 Å². The predicted molar refractivity (Wildman–Crippen MR) is 123 cm³/mol. The molecule has 3 aromatic rings. The Labute approximate surface area is 190 Å². The molecule has 0 radical (unpaired) electrons. The fraction of sp³-hybridized carbons (Fsp3) is 0.182. The molecule has 2 aromatic carbocycles. The predicted octanol–water partition coefficient (Wildman–Crippen LogP) is 3.48. The van der Waals surface area contributed by atoms with Crippen molar-refractivity contribution in [1.29, 1.82) is 0 Å². The summed E-state index contributed by atoms with van der Waals surface area (Å²) >= 11 is 1.07. The Morgan fingerprint density at radius 3 is 2.47 bits per heavy atom. The third kappa shape index (κ3) is 6.32. The summed E-state index contributed by atoms with van der Waals surface area (Å²) in [7, 11) is -3.81. The summed E-state index contributed by atoms with van der Waals surface area (Å²) in [5, 5.41) is 1.65. The van der Waals surface area contributed by atoms with Crippen molar-refractivity contribution in [1.82, 2.24) is 10.9 Å². The van der Waals surface area contributed by atoms with E-state index in [1.807, 2.05) is 31.2 Å². The number of hydrogen-bond donors (Lipinski definition) is 3. The van der Waals surface area contributed by atoms with Crippen molar-refractivity contribution in [2.45, 2.75) is 24.0 Å². The Bertz CT molecular complexity index is 1180. The third-order valence-electron chi connectivity index (χ3n) is 4.39. The van der Waals surface area contributed by atoms with E-state index < -0.39 is 15.9 Å². The van der Waals surface area contributed by atoms with Crippen molar-refractivity contribution >= 4 is 38.9 Å². The highest BCUT2D eigenvalue weighted by Gasteiger charge is 2.19. The summed E-state index contributed by atoms with van der Waals surface area (Å²) in [6, 6.07) is 16.8. The minimum absolute atomic E-state index is 0.0795. The molecule has 0 fully saturated rings. The van der Waals surface area contributed by atoms with Crippen LogP contribution in [0.5, 0.6) is 5.75 Å². The maximum atomic E-state index is 12.5. The van der Waals surface area contributed by atoms with Gasteiger partial charge in [-0.25, -0.2) is 8.42 Å². The van der Waals surface area contributed by atoms with Gasteiger partial charge in [0.25, 0.3) is 15.9 Å². The van der Waals surface area contributed by atoms with Crippen LogP contribution in [0, 0.1) is 6.92 Å². The first-order valence-corrected chi connectivity index (χ1v) is 12.2. The molecule has 3 N–H and O–H groups in total. The van der Waals surface area contributed by atoms with Crippen molar-refractivity contribution in [2.24, 2.45) is 0 Å². The summed E-state index contributed by atoms with van der Waals surface area (Å²) in [5.74, 6) is -0.259. The average molecular weight is 474 g/mol. The number of nitrogens with one attached hydrogen (secondary N) is 3. The molecule has 3 rings (SSSR count). The summed E-state index contributed by atoms with van der Waals surface area (Å²) in [6.45, 7) is 2.30. The summed E-state index contributed by atoms with van der Waals surface area (Å²) in [6.07, 6.45) is 0.617. The summed E-state index contributed by atoms with van der Waals surface area (Å²) in [4.78, 5) is 24.5. The molecule has 8 nitrogen and oxygen atoms in total. The second-order valence-corrected chi connectivity index (χ2v) is 9.66. The van der Waals surface area contributed by atoms with E-state index >= 15 is 0 Å². The molecule has 0 saturated carbocycles. The molecule has 168 valence electrons. The van der Waals surface area contributed by atoms with Gasteiger partial charge in [0.1, 0.15) is 9.96 Å². The fourth-order valence-corrected chi connectivity index (χ4v) is 4.84. The number of rotatable bonds is 9. The minimum Gasteiger partial charge on any atom is -0.493 e. The molecule has 0 unspecified atom stereocenters. The number of benzene rings is 2. The number of para-hydroxylation sites is 2. The second kappa shape index (κ2) is 10.8. The monoisotopic (exact) mass is 473 g/mol. The number of thiophene rings is 1. The van der Waals surface area contributed by atoms with Gasteiger partial charge in [0.05, 0.1) is 17.9 Å². The number of anilines is 1. The van der Waals surface area contributed by atoms with E-state index in [9.17, 15) is 18.0 Å². The van der Waals surface area contributed by atoms with Crippen LogP contribution in [0.2, 0.25) is 0 Å². The van der Waals surface area contributed by atoms with Gasteiger partial charge in [-0.1, -0.05) is 36.4 Å². The molecular weight excluding hydrogens is 450 g/mol. The number of amides is 2. The van der Waals surface area contributed by atoms with Crippen LogP contribution in [0.3, 0.4) is 0 Å². The minimum atomic E-state index is -3.81. The highest BCUT2D eigenvalue weighted by Crippen LogP contribution is 2.22. The number of aryl methyl sites for hydroxylation is 1. The van der Waals surface area contributed by atoms with Gasteiger partial charge in [0.2, 0.25) is 5.91 Å². The molecule has 1 aromatic heterocycles. The normalized spacial score (nSPS) is 10.9. The lowest BCUT2D eigenvalue weighted by Crippen LogP contribution is -2.41. The van der Waals surface area contributed by atoms with Gasteiger partial charge in [-0.2, -0.15) is 0 Å². The van der Waals surface area contributed by atoms with E-state index in [-0.39, 0.29) is 27.8 Å². The van der Waals surface area contributed by atoms with Crippen molar-refractivity contribution in [3.05, 3.63) is 77.2 Å². The lowest BCUT2D eigenvalue weighted by Gasteiger charge is -2.13. The lowest BCUT2D eigenvalue weighted by molar-refractivity contribution is -0.122. The quantitative estimate of drug-likeness (QED) is 0.325. The van der Waals surface area contributed by atoms with Gasteiger partial charge in [-0.15, -0.1) is 11.3 Å². The second-order valence-electron chi connectivity index (χ2n) is 6.80. The SMILES string of the molecule is Cc1ccccc1OCCCC(=O)NNC(=O)c1ccccc1NS(=O)(=O)c1cccs1. The fourth-order valence-electron chi connectivity index (χ4n) is 2.77. The van der Waals surface area contributed by atoms with Crippen LogP contribution >= 0.6 is 11.3 Å². The molecule has 0 aliphatic rings. The standard InChI is InChI=1S/C22H23N3O5S2/c1-16-8-2-5-11-19(16)30-14-6-12-20(26)23-24-22(27)17-9-3-4-10-18(17)25-32(28,29)21-13-7-15-31-21/h2-5,7-11,13,15,25H,6,12,14H2,1H3,(H,23,26)(H,24,27). The van der Waals surface area contributed by atoms with Crippen molar-refractivity contribution < 1.29 is 22.7 Å². The molecule has 0 atom stereocenters. The molecule has 0 aliphatic carbocycles. The van der Waals surface area contributed by atoms with Gasteiger partial charge in [0, 0.05) is 6.42 Å². The zero-order valence-corrected chi connectivity index (χ0v) is 19.0. The van der Waals surface area contributed by atoms with Crippen LogP contribution in [0.25, 0.3) is 0 Å². The number of carbonyl (C=O) groups is 2. The Balaban J connectivity index is 1.49. The zero-order valence-electron chi connectivity index (χ0n) is 17.3. The third-order valence-corrected chi connectivity index (χ3v) is 7.15. The van der Waals surface area contributed by atoms with Crippen LogP contribution in [0.1, 0.15) is 28.8 Å². The smallest absolute Gasteiger partial charge is 0.271 e. The molecule has 10 heteroatoms. The highest BCUT2D eigenvalue weighted by molar-refractivity contribution is 7.94. The van der Waals surface area contributed by atoms with Crippen LogP contribution in [0.4, 0.5) is 5.69 Å². The number of hydrogen-bond acceptors (Lipinski definition) is 6. The number of ether oxygens (including phenoxy) is 1. The van der Waals surface area contributed by atoms with E-state index in [1.54, 1.807) is 23.6 Å².